The topological polar surface area (TPSA) is 64.4 Å². The summed E-state index contributed by atoms with van der Waals surface area (Å²) in [6, 6.07) is 9.35. The van der Waals surface area contributed by atoms with Gasteiger partial charge in [-0.2, -0.15) is 0 Å². The maximum atomic E-state index is 12.7. The third-order valence-corrected chi connectivity index (χ3v) is 4.93. The first-order valence-corrected chi connectivity index (χ1v) is 8.78. The molecule has 3 rings (SSSR count). The smallest absolute Gasteiger partial charge is 0.271 e. The van der Waals surface area contributed by atoms with E-state index in [2.05, 4.69) is 10.3 Å². The van der Waals surface area contributed by atoms with Gasteiger partial charge in [-0.1, -0.05) is 17.7 Å². The van der Waals surface area contributed by atoms with Gasteiger partial charge in [-0.3, -0.25) is 4.79 Å². The van der Waals surface area contributed by atoms with Gasteiger partial charge in [0, 0.05) is 10.4 Å². The van der Waals surface area contributed by atoms with E-state index in [4.69, 9.17) is 9.15 Å². The number of furan rings is 1. The molecular weight excluding hydrogens is 336 g/mol. The molecule has 1 unspecified atom stereocenters. The number of amides is 1. The second-order valence-electron chi connectivity index (χ2n) is 5.84. The summed E-state index contributed by atoms with van der Waals surface area (Å²) in [5.74, 6) is 1.22. The first-order valence-electron chi connectivity index (χ1n) is 7.96. The molecule has 130 valence electrons. The van der Waals surface area contributed by atoms with Crippen LogP contribution in [0.3, 0.4) is 0 Å². The zero-order valence-electron chi connectivity index (χ0n) is 14.6. The van der Waals surface area contributed by atoms with Gasteiger partial charge in [-0.15, -0.1) is 11.3 Å². The fourth-order valence-corrected chi connectivity index (χ4v) is 3.53. The number of ether oxygens (including phenoxy) is 1. The summed E-state index contributed by atoms with van der Waals surface area (Å²) in [5.41, 5.74) is 2.48. The number of carbonyl (C=O) groups is 1. The van der Waals surface area contributed by atoms with Crippen LogP contribution in [0.2, 0.25) is 0 Å². The van der Waals surface area contributed by atoms with Gasteiger partial charge < -0.3 is 14.5 Å². The van der Waals surface area contributed by atoms with Gasteiger partial charge in [0.25, 0.3) is 5.91 Å². The van der Waals surface area contributed by atoms with E-state index in [1.54, 1.807) is 19.4 Å². The molecule has 0 radical (unpaired) electrons. The van der Waals surface area contributed by atoms with Crippen molar-refractivity contribution in [2.75, 3.05) is 7.11 Å². The maximum absolute atomic E-state index is 12.7. The van der Waals surface area contributed by atoms with Gasteiger partial charge in [-0.05, 0) is 39.0 Å². The predicted molar refractivity (Wildman–Crippen MR) is 98.2 cm³/mol. The Bertz CT molecular complexity index is 884. The Labute approximate surface area is 150 Å². The number of methoxy groups -OCH3 is 1. The van der Waals surface area contributed by atoms with E-state index < -0.39 is 0 Å². The van der Waals surface area contributed by atoms with Crippen molar-refractivity contribution in [3.8, 4) is 16.5 Å². The van der Waals surface area contributed by atoms with Crippen LogP contribution in [-0.4, -0.2) is 18.0 Å². The van der Waals surface area contributed by atoms with Crippen LogP contribution in [0.5, 0.6) is 5.75 Å². The van der Waals surface area contributed by atoms with Crippen LogP contribution in [0.25, 0.3) is 10.8 Å². The lowest BCUT2D eigenvalue weighted by Crippen LogP contribution is -2.27. The minimum absolute atomic E-state index is 0.199. The summed E-state index contributed by atoms with van der Waals surface area (Å²) in [5, 5.41) is 3.71. The number of nitrogens with one attached hydrogen (secondary N) is 1. The molecule has 1 aromatic carbocycles. The zero-order valence-corrected chi connectivity index (χ0v) is 15.4. The summed E-state index contributed by atoms with van der Waals surface area (Å²) < 4.78 is 10.8. The SMILES string of the molecule is COc1ccc(C)cc1C(C)NC(=O)c1nc(-c2ccco2)sc1C. The molecule has 0 aliphatic carbocycles. The molecule has 0 aliphatic heterocycles. The Balaban J connectivity index is 1.82. The largest absolute Gasteiger partial charge is 0.496 e. The molecule has 5 nitrogen and oxygen atoms in total. The van der Waals surface area contributed by atoms with Gasteiger partial charge >= 0.3 is 0 Å². The first kappa shape index (κ1) is 17.2. The summed E-state index contributed by atoms with van der Waals surface area (Å²) in [7, 11) is 1.63. The van der Waals surface area contributed by atoms with Crippen molar-refractivity contribution < 1.29 is 13.9 Å². The molecule has 1 atom stereocenters. The van der Waals surface area contributed by atoms with E-state index in [-0.39, 0.29) is 11.9 Å². The molecule has 0 saturated carbocycles. The average Bonchev–Trinajstić information content (AvgIpc) is 3.24. The fourth-order valence-electron chi connectivity index (χ4n) is 2.65. The molecule has 2 heterocycles. The zero-order chi connectivity index (χ0) is 18.0. The van der Waals surface area contributed by atoms with E-state index in [1.165, 1.54) is 11.3 Å². The van der Waals surface area contributed by atoms with Crippen LogP contribution in [0.15, 0.2) is 41.0 Å². The summed E-state index contributed by atoms with van der Waals surface area (Å²) in [6.07, 6.45) is 1.60. The fraction of sp³-hybridized carbons (Fsp3) is 0.263. The van der Waals surface area contributed by atoms with Gasteiger partial charge in [0.2, 0.25) is 0 Å². The van der Waals surface area contributed by atoms with Crippen LogP contribution in [0.4, 0.5) is 0 Å². The molecule has 0 spiro atoms. The molecule has 1 amide bonds. The van der Waals surface area contributed by atoms with E-state index >= 15 is 0 Å². The second-order valence-corrected chi connectivity index (χ2v) is 7.04. The van der Waals surface area contributed by atoms with Crippen LogP contribution < -0.4 is 10.1 Å². The number of aryl methyl sites for hydroxylation is 2. The van der Waals surface area contributed by atoms with Crippen LogP contribution in [0.1, 0.15) is 39.5 Å². The minimum atomic E-state index is -0.206. The number of rotatable bonds is 5. The van der Waals surface area contributed by atoms with Crippen molar-refractivity contribution >= 4 is 17.2 Å². The molecule has 6 heteroatoms. The van der Waals surface area contributed by atoms with Crippen LogP contribution >= 0.6 is 11.3 Å². The van der Waals surface area contributed by atoms with Crippen molar-refractivity contribution in [2.24, 2.45) is 0 Å². The highest BCUT2D eigenvalue weighted by atomic mass is 32.1. The third-order valence-electron chi connectivity index (χ3n) is 3.94. The number of hydrogen-bond donors (Lipinski definition) is 1. The Morgan fingerprint density at radius 2 is 2.12 bits per heavy atom. The Morgan fingerprint density at radius 3 is 2.80 bits per heavy atom. The number of aromatic nitrogens is 1. The van der Waals surface area contributed by atoms with Gasteiger partial charge in [0.1, 0.15) is 11.4 Å². The number of hydrogen-bond acceptors (Lipinski definition) is 5. The quantitative estimate of drug-likeness (QED) is 0.730. The standard InChI is InChI=1S/C19H20N2O3S/c1-11-7-8-15(23-4)14(10-11)12(2)20-18(22)17-13(3)25-19(21-17)16-6-5-9-24-16/h5-10,12H,1-4H3,(H,20,22). The van der Waals surface area contributed by atoms with E-state index in [9.17, 15) is 4.79 Å². The van der Waals surface area contributed by atoms with Crippen LogP contribution in [-0.2, 0) is 0 Å². The average molecular weight is 356 g/mol. The molecule has 1 N–H and O–H groups in total. The summed E-state index contributed by atoms with van der Waals surface area (Å²) >= 11 is 1.44. The van der Waals surface area contributed by atoms with Gasteiger partial charge in [0.15, 0.2) is 10.8 Å². The molecule has 25 heavy (non-hydrogen) atoms. The molecule has 0 saturated heterocycles. The number of benzene rings is 1. The molecule has 0 aliphatic rings. The maximum Gasteiger partial charge on any atom is 0.271 e. The van der Waals surface area contributed by atoms with Crippen molar-refractivity contribution in [1.82, 2.24) is 10.3 Å². The van der Waals surface area contributed by atoms with Crippen LogP contribution in [0, 0.1) is 13.8 Å². The van der Waals surface area contributed by atoms with Gasteiger partial charge in [-0.25, -0.2) is 4.98 Å². The highest BCUT2D eigenvalue weighted by Crippen LogP contribution is 2.29. The molecular formula is C19H20N2O3S. The normalized spacial score (nSPS) is 12.0. The van der Waals surface area contributed by atoms with Crippen molar-refractivity contribution in [1.29, 1.82) is 0 Å². The summed E-state index contributed by atoms with van der Waals surface area (Å²) in [6.45, 7) is 5.83. The lowest BCUT2D eigenvalue weighted by atomic mass is 10.0. The highest BCUT2D eigenvalue weighted by molar-refractivity contribution is 7.15. The van der Waals surface area contributed by atoms with Crippen molar-refractivity contribution in [3.05, 3.63) is 58.3 Å². The molecule has 2 aromatic heterocycles. The Kier molecular flexibility index (Phi) is 4.90. The van der Waals surface area contributed by atoms with E-state index in [1.807, 2.05) is 45.0 Å². The molecule has 0 bridgehead atoms. The number of carbonyl (C=O) groups excluding carboxylic acids is 1. The molecule has 0 fully saturated rings. The minimum Gasteiger partial charge on any atom is -0.496 e. The summed E-state index contributed by atoms with van der Waals surface area (Å²) in [4.78, 5) is 18.0. The lowest BCUT2D eigenvalue weighted by molar-refractivity contribution is 0.0934. The van der Waals surface area contributed by atoms with Crippen molar-refractivity contribution in [2.45, 2.75) is 26.8 Å². The number of thiazole rings is 1. The molecule has 3 aromatic rings. The van der Waals surface area contributed by atoms with Crippen molar-refractivity contribution in [3.63, 3.8) is 0 Å². The second kappa shape index (κ2) is 7.11. The number of nitrogens with zero attached hydrogens (tertiary/aromatic N) is 1. The highest BCUT2D eigenvalue weighted by Gasteiger charge is 2.21. The third kappa shape index (κ3) is 3.58. The van der Waals surface area contributed by atoms with E-state index in [0.717, 1.165) is 21.8 Å². The van der Waals surface area contributed by atoms with Gasteiger partial charge in [0.05, 0.1) is 19.4 Å². The first-order chi connectivity index (χ1) is 12.0. The Hall–Kier alpha value is -2.60. The monoisotopic (exact) mass is 356 g/mol. The lowest BCUT2D eigenvalue weighted by Gasteiger charge is -2.17. The Morgan fingerprint density at radius 1 is 1.32 bits per heavy atom. The predicted octanol–water partition coefficient (Wildman–Crippen LogP) is 4.52. The van der Waals surface area contributed by atoms with E-state index in [0.29, 0.717) is 16.5 Å².